The van der Waals surface area contributed by atoms with Crippen molar-refractivity contribution in [3.8, 4) is 11.8 Å². The summed E-state index contributed by atoms with van der Waals surface area (Å²) in [7, 11) is 1.50. The van der Waals surface area contributed by atoms with Gasteiger partial charge in [-0.2, -0.15) is 0 Å². The SMILES string of the molecule is CCOC(=O)CCC(=O)N1CCC(Oc2nccnc2OC)C1. The van der Waals surface area contributed by atoms with Crippen LogP contribution in [0.4, 0.5) is 0 Å². The van der Waals surface area contributed by atoms with Crippen molar-refractivity contribution in [1.29, 1.82) is 0 Å². The van der Waals surface area contributed by atoms with Crippen LogP contribution < -0.4 is 9.47 Å². The molecule has 23 heavy (non-hydrogen) atoms. The maximum absolute atomic E-state index is 12.1. The van der Waals surface area contributed by atoms with Gasteiger partial charge in [-0.05, 0) is 6.92 Å². The van der Waals surface area contributed by atoms with Gasteiger partial charge in [-0.15, -0.1) is 0 Å². The fraction of sp³-hybridized carbons (Fsp3) is 0.600. The van der Waals surface area contributed by atoms with Gasteiger partial charge in [0.2, 0.25) is 5.91 Å². The maximum Gasteiger partial charge on any atom is 0.306 e. The highest BCUT2D eigenvalue weighted by atomic mass is 16.5. The largest absolute Gasteiger partial charge is 0.477 e. The fourth-order valence-electron chi connectivity index (χ4n) is 2.34. The lowest BCUT2D eigenvalue weighted by Crippen LogP contribution is -2.31. The van der Waals surface area contributed by atoms with Gasteiger partial charge in [0.1, 0.15) is 6.10 Å². The Bertz CT molecular complexity index is 552. The van der Waals surface area contributed by atoms with E-state index in [0.717, 1.165) is 0 Å². The van der Waals surface area contributed by atoms with Crippen molar-refractivity contribution in [2.24, 2.45) is 0 Å². The molecule has 0 radical (unpaired) electrons. The molecule has 0 bridgehead atoms. The Morgan fingerprint density at radius 2 is 2.00 bits per heavy atom. The van der Waals surface area contributed by atoms with Gasteiger partial charge in [-0.3, -0.25) is 9.59 Å². The molecule has 0 aliphatic carbocycles. The van der Waals surface area contributed by atoms with E-state index in [1.807, 2.05) is 0 Å². The third-order valence-corrected chi connectivity index (χ3v) is 3.45. The fourth-order valence-corrected chi connectivity index (χ4v) is 2.34. The number of nitrogens with zero attached hydrogens (tertiary/aromatic N) is 3. The first-order valence-corrected chi connectivity index (χ1v) is 7.59. The summed E-state index contributed by atoms with van der Waals surface area (Å²) in [6, 6.07) is 0. The van der Waals surface area contributed by atoms with E-state index in [-0.39, 0.29) is 30.8 Å². The van der Waals surface area contributed by atoms with Crippen LogP contribution in [-0.4, -0.2) is 59.7 Å². The zero-order valence-corrected chi connectivity index (χ0v) is 13.4. The highest BCUT2D eigenvalue weighted by Gasteiger charge is 2.28. The molecular formula is C15H21N3O5. The average molecular weight is 323 g/mol. The summed E-state index contributed by atoms with van der Waals surface area (Å²) in [4.78, 5) is 33.2. The maximum atomic E-state index is 12.1. The summed E-state index contributed by atoms with van der Waals surface area (Å²) in [6.07, 6.45) is 3.84. The van der Waals surface area contributed by atoms with Crippen LogP contribution in [0.25, 0.3) is 0 Å². The third-order valence-electron chi connectivity index (χ3n) is 3.45. The van der Waals surface area contributed by atoms with Gasteiger partial charge in [-0.25, -0.2) is 9.97 Å². The number of aromatic nitrogens is 2. The van der Waals surface area contributed by atoms with Gasteiger partial charge in [0, 0.05) is 31.8 Å². The van der Waals surface area contributed by atoms with Crippen molar-refractivity contribution in [1.82, 2.24) is 14.9 Å². The molecule has 2 heterocycles. The van der Waals surface area contributed by atoms with Crippen molar-refractivity contribution in [3.63, 3.8) is 0 Å². The second-order valence-electron chi connectivity index (χ2n) is 5.04. The number of hydrogen-bond donors (Lipinski definition) is 0. The molecule has 0 aromatic carbocycles. The molecule has 1 aliphatic heterocycles. The van der Waals surface area contributed by atoms with Crippen molar-refractivity contribution < 1.29 is 23.8 Å². The molecular weight excluding hydrogens is 302 g/mol. The Morgan fingerprint density at radius 3 is 2.70 bits per heavy atom. The number of carbonyl (C=O) groups is 2. The number of methoxy groups -OCH3 is 1. The first kappa shape index (κ1) is 17.0. The summed E-state index contributed by atoms with van der Waals surface area (Å²) in [5.41, 5.74) is 0. The van der Waals surface area contributed by atoms with E-state index in [1.165, 1.54) is 19.5 Å². The molecule has 0 N–H and O–H groups in total. The second kappa shape index (κ2) is 8.30. The van der Waals surface area contributed by atoms with Crippen LogP contribution in [0.2, 0.25) is 0 Å². The Labute approximate surface area is 134 Å². The van der Waals surface area contributed by atoms with Gasteiger partial charge in [-0.1, -0.05) is 0 Å². The third kappa shape index (κ3) is 4.80. The van der Waals surface area contributed by atoms with Crippen LogP contribution in [0, 0.1) is 0 Å². The Balaban J connectivity index is 1.81. The molecule has 1 aliphatic rings. The molecule has 2 rings (SSSR count). The van der Waals surface area contributed by atoms with E-state index in [1.54, 1.807) is 11.8 Å². The zero-order valence-electron chi connectivity index (χ0n) is 13.4. The summed E-state index contributed by atoms with van der Waals surface area (Å²) in [5.74, 6) is 0.216. The van der Waals surface area contributed by atoms with Crippen molar-refractivity contribution in [2.75, 3.05) is 26.8 Å². The van der Waals surface area contributed by atoms with Crippen molar-refractivity contribution in [3.05, 3.63) is 12.4 Å². The predicted molar refractivity (Wildman–Crippen MR) is 80.1 cm³/mol. The lowest BCUT2D eigenvalue weighted by Gasteiger charge is -2.17. The molecule has 0 saturated carbocycles. The lowest BCUT2D eigenvalue weighted by atomic mass is 10.3. The van der Waals surface area contributed by atoms with Crippen LogP contribution in [0.1, 0.15) is 26.2 Å². The molecule has 1 saturated heterocycles. The average Bonchev–Trinajstić information content (AvgIpc) is 3.02. The minimum absolute atomic E-state index is 0.0738. The first-order chi connectivity index (χ1) is 11.1. The minimum Gasteiger partial charge on any atom is -0.477 e. The Kier molecular flexibility index (Phi) is 6.13. The smallest absolute Gasteiger partial charge is 0.306 e. The van der Waals surface area contributed by atoms with E-state index < -0.39 is 0 Å². The number of likely N-dealkylation sites (tertiary alicyclic amines) is 1. The van der Waals surface area contributed by atoms with Crippen LogP contribution in [0.5, 0.6) is 11.8 Å². The van der Waals surface area contributed by atoms with E-state index in [9.17, 15) is 9.59 Å². The Morgan fingerprint density at radius 1 is 1.26 bits per heavy atom. The summed E-state index contributed by atoms with van der Waals surface area (Å²) >= 11 is 0. The number of rotatable bonds is 7. The van der Waals surface area contributed by atoms with Crippen LogP contribution in [0.15, 0.2) is 12.4 Å². The van der Waals surface area contributed by atoms with E-state index in [2.05, 4.69) is 9.97 Å². The van der Waals surface area contributed by atoms with Gasteiger partial charge in [0.05, 0.1) is 26.7 Å². The number of carbonyl (C=O) groups excluding carboxylic acids is 2. The number of hydrogen-bond acceptors (Lipinski definition) is 7. The molecule has 1 atom stereocenters. The van der Waals surface area contributed by atoms with E-state index in [4.69, 9.17) is 14.2 Å². The number of ether oxygens (including phenoxy) is 3. The molecule has 1 aromatic rings. The molecule has 1 aromatic heterocycles. The standard InChI is InChI=1S/C15H21N3O5/c1-3-22-13(20)5-4-12(19)18-9-6-11(10-18)23-15-14(21-2)16-7-8-17-15/h7-8,11H,3-6,9-10H2,1-2H3. The summed E-state index contributed by atoms with van der Waals surface area (Å²) in [5, 5.41) is 0. The quantitative estimate of drug-likeness (QED) is 0.686. The molecule has 126 valence electrons. The number of amides is 1. The molecule has 1 amide bonds. The van der Waals surface area contributed by atoms with Gasteiger partial charge < -0.3 is 19.1 Å². The summed E-state index contributed by atoms with van der Waals surface area (Å²) in [6.45, 7) is 3.12. The highest BCUT2D eigenvalue weighted by molar-refractivity contribution is 5.81. The van der Waals surface area contributed by atoms with Gasteiger partial charge in [0.15, 0.2) is 0 Å². The number of esters is 1. The molecule has 8 heteroatoms. The van der Waals surface area contributed by atoms with E-state index >= 15 is 0 Å². The van der Waals surface area contributed by atoms with Gasteiger partial charge >= 0.3 is 5.97 Å². The second-order valence-corrected chi connectivity index (χ2v) is 5.04. The zero-order chi connectivity index (χ0) is 16.7. The van der Waals surface area contributed by atoms with Crippen molar-refractivity contribution in [2.45, 2.75) is 32.3 Å². The molecule has 0 spiro atoms. The minimum atomic E-state index is -0.350. The Hall–Kier alpha value is -2.38. The summed E-state index contributed by atoms with van der Waals surface area (Å²) < 4.78 is 15.7. The van der Waals surface area contributed by atoms with Crippen LogP contribution in [-0.2, 0) is 14.3 Å². The topological polar surface area (TPSA) is 90.9 Å². The van der Waals surface area contributed by atoms with Crippen molar-refractivity contribution >= 4 is 11.9 Å². The van der Waals surface area contributed by atoms with Gasteiger partial charge in [0.25, 0.3) is 11.8 Å². The van der Waals surface area contributed by atoms with Crippen LogP contribution >= 0.6 is 0 Å². The first-order valence-electron chi connectivity index (χ1n) is 7.59. The molecule has 8 nitrogen and oxygen atoms in total. The molecule has 1 unspecified atom stereocenters. The normalized spacial score (nSPS) is 17.0. The highest BCUT2D eigenvalue weighted by Crippen LogP contribution is 2.24. The van der Waals surface area contributed by atoms with E-state index in [0.29, 0.717) is 37.9 Å². The monoisotopic (exact) mass is 323 g/mol. The molecule has 1 fully saturated rings. The predicted octanol–water partition coefficient (Wildman–Crippen LogP) is 0.808. The lowest BCUT2D eigenvalue weighted by molar-refractivity contribution is -0.145. The van der Waals surface area contributed by atoms with Crippen LogP contribution in [0.3, 0.4) is 0 Å².